The lowest BCUT2D eigenvalue weighted by Gasteiger charge is -2.26. The minimum absolute atomic E-state index is 0.443. The van der Waals surface area contributed by atoms with Gasteiger partial charge in [0.2, 0.25) is 0 Å². The SMILES string of the molecule is O=C(NO)c1ccc2c(c1)CCC(NCc1ccncc1)C2. The van der Waals surface area contributed by atoms with Gasteiger partial charge in [0.25, 0.3) is 5.91 Å². The van der Waals surface area contributed by atoms with E-state index < -0.39 is 5.91 Å². The highest BCUT2D eigenvalue weighted by atomic mass is 16.5. The molecular weight excluding hydrogens is 278 g/mol. The minimum Gasteiger partial charge on any atom is -0.310 e. The van der Waals surface area contributed by atoms with Crippen LogP contribution in [0.2, 0.25) is 0 Å². The third kappa shape index (κ3) is 3.32. The molecule has 3 N–H and O–H groups in total. The van der Waals surface area contributed by atoms with Crippen LogP contribution in [0.4, 0.5) is 0 Å². The molecule has 22 heavy (non-hydrogen) atoms. The molecule has 3 rings (SSSR count). The predicted octanol–water partition coefficient (Wildman–Crippen LogP) is 1.85. The molecule has 1 unspecified atom stereocenters. The Labute approximate surface area is 129 Å². The number of nitrogens with one attached hydrogen (secondary N) is 2. The summed E-state index contributed by atoms with van der Waals surface area (Å²) >= 11 is 0. The number of aromatic nitrogens is 1. The fraction of sp³-hybridized carbons (Fsp3) is 0.294. The Balaban J connectivity index is 1.63. The summed E-state index contributed by atoms with van der Waals surface area (Å²) in [6, 6.07) is 10.1. The third-order valence-electron chi connectivity index (χ3n) is 4.14. The van der Waals surface area contributed by atoms with Crippen LogP contribution in [-0.4, -0.2) is 22.1 Å². The highest BCUT2D eigenvalue weighted by molar-refractivity contribution is 5.93. The standard InChI is InChI=1S/C17H19N3O2/c21-17(20-22)15-2-1-14-10-16(4-3-13(14)9-15)19-11-12-5-7-18-8-6-12/h1-2,5-9,16,19,22H,3-4,10-11H2,(H,20,21). The topological polar surface area (TPSA) is 74.2 Å². The van der Waals surface area contributed by atoms with E-state index in [4.69, 9.17) is 5.21 Å². The predicted molar refractivity (Wildman–Crippen MR) is 82.6 cm³/mol. The second-order valence-electron chi connectivity index (χ2n) is 5.60. The van der Waals surface area contributed by atoms with Gasteiger partial charge in [-0.2, -0.15) is 0 Å². The van der Waals surface area contributed by atoms with Crippen molar-refractivity contribution >= 4 is 5.91 Å². The number of amides is 1. The molecule has 2 aromatic rings. The number of carbonyl (C=O) groups excluding carboxylic acids is 1. The van der Waals surface area contributed by atoms with E-state index in [0.717, 1.165) is 25.8 Å². The number of benzene rings is 1. The van der Waals surface area contributed by atoms with Crippen molar-refractivity contribution in [2.75, 3.05) is 0 Å². The van der Waals surface area contributed by atoms with Gasteiger partial charge in [-0.15, -0.1) is 0 Å². The van der Waals surface area contributed by atoms with Gasteiger partial charge in [0.15, 0.2) is 0 Å². The van der Waals surface area contributed by atoms with E-state index in [9.17, 15) is 4.79 Å². The first-order chi connectivity index (χ1) is 10.8. The summed E-state index contributed by atoms with van der Waals surface area (Å²) in [7, 11) is 0. The molecule has 1 heterocycles. The van der Waals surface area contributed by atoms with Crippen molar-refractivity contribution in [2.45, 2.75) is 31.8 Å². The second kappa shape index (κ2) is 6.68. The van der Waals surface area contributed by atoms with Crippen LogP contribution >= 0.6 is 0 Å². The van der Waals surface area contributed by atoms with Crippen molar-refractivity contribution in [1.82, 2.24) is 15.8 Å². The van der Waals surface area contributed by atoms with Crippen LogP contribution < -0.4 is 10.8 Å². The van der Waals surface area contributed by atoms with E-state index in [2.05, 4.69) is 10.3 Å². The minimum atomic E-state index is -0.458. The molecule has 0 fully saturated rings. The average Bonchev–Trinajstić information content (AvgIpc) is 2.59. The summed E-state index contributed by atoms with van der Waals surface area (Å²) in [6.07, 6.45) is 6.56. The molecule has 1 aliphatic rings. The van der Waals surface area contributed by atoms with Crippen molar-refractivity contribution in [3.8, 4) is 0 Å². The number of fused-ring (bicyclic) bond motifs is 1. The van der Waals surface area contributed by atoms with Gasteiger partial charge < -0.3 is 5.32 Å². The summed E-state index contributed by atoms with van der Waals surface area (Å²) in [4.78, 5) is 15.5. The van der Waals surface area contributed by atoms with Crippen LogP contribution in [0.1, 0.15) is 33.5 Å². The molecule has 1 atom stereocenters. The Kier molecular flexibility index (Phi) is 4.46. The first kappa shape index (κ1) is 14.7. The molecule has 0 saturated heterocycles. The molecule has 0 radical (unpaired) electrons. The monoisotopic (exact) mass is 297 g/mol. The fourth-order valence-electron chi connectivity index (χ4n) is 2.90. The maximum absolute atomic E-state index is 11.4. The van der Waals surface area contributed by atoms with Crippen molar-refractivity contribution in [1.29, 1.82) is 0 Å². The third-order valence-corrected chi connectivity index (χ3v) is 4.14. The molecular formula is C17H19N3O2. The molecule has 1 aromatic carbocycles. The Morgan fingerprint density at radius 3 is 2.82 bits per heavy atom. The van der Waals surface area contributed by atoms with Gasteiger partial charge >= 0.3 is 0 Å². The van der Waals surface area contributed by atoms with E-state index >= 15 is 0 Å². The number of pyridine rings is 1. The van der Waals surface area contributed by atoms with Crippen molar-refractivity contribution in [2.24, 2.45) is 0 Å². The van der Waals surface area contributed by atoms with E-state index in [0.29, 0.717) is 11.6 Å². The van der Waals surface area contributed by atoms with Crippen LogP contribution in [-0.2, 0) is 19.4 Å². The van der Waals surface area contributed by atoms with E-state index in [1.807, 2.05) is 24.3 Å². The average molecular weight is 297 g/mol. The Hall–Kier alpha value is -2.24. The van der Waals surface area contributed by atoms with Crippen molar-refractivity contribution in [3.63, 3.8) is 0 Å². The number of hydrogen-bond donors (Lipinski definition) is 3. The van der Waals surface area contributed by atoms with E-state index in [1.54, 1.807) is 23.9 Å². The van der Waals surface area contributed by atoms with Gasteiger partial charge in [-0.3, -0.25) is 15.0 Å². The number of nitrogens with zero attached hydrogens (tertiary/aromatic N) is 1. The van der Waals surface area contributed by atoms with E-state index in [-0.39, 0.29) is 0 Å². The number of carbonyl (C=O) groups is 1. The molecule has 5 nitrogen and oxygen atoms in total. The lowest BCUT2D eigenvalue weighted by Crippen LogP contribution is -2.34. The van der Waals surface area contributed by atoms with Crippen LogP contribution in [0, 0.1) is 0 Å². The lowest BCUT2D eigenvalue weighted by atomic mass is 9.87. The molecule has 1 amide bonds. The van der Waals surface area contributed by atoms with Gasteiger partial charge in [-0.25, -0.2) is 5.48 Å². The highest BCUT2D eigenvalue weighted by Gasteiger charge is 2.19. The maximum Gasteiger partial charge on any atom is 0.274 e. The van der Waals surface area contributed by atoms with Crippen molar-refractivity contribution < 1.29 is 10.0 Å². The normalized spacial score (nSPS) is 16.9. The number of hydroxylamine groups is 1. The second-order valence-corrected chi connectivity index (χ2v) is 5.60. The Bertz CT molecular complexity index is 658. The fourth-order valence-corrected chi connectivity index (χ4v) is 2.90. The van der Waals surface area contributed by atoms with Crippen LogP contribution in [0.25, 0.3) is 0 Å². The van der Waals surface area contributed by atoms with E-state index in [1.165, 1.54) is 16.7 Å². The quantitative estimate of drug-likeness (QED) is 0.595. The molecule has 0 bridgehead atoms. The van der Waals surface area contributed by atoms with Gasteiger partial charge in [0, 0.05) is 30.5 Å². The van der Waals surface area contributed by atoms with Gasteiger partial charge in [-0.05, 0) is 60.2 Å². The van der Waals surface area contributed by atoms with Gasteiger partial charge in [-0.1, -0.05) is 6.07 Å². The lowest BCUT2D eigenvalue weighted by molar-refractivity contribution is 0.0706. The molecule has 0 spiro atoms. The number of aryl methyl sites for hydroxylation is 1. The maximum atomic E-state index is 11.4. The van der Waals surface area contributed by atoms with Crippen molar-refractivity contribution in [3.05, 3.63) is 65.0 Å². The molecule has 0 aliphatic heterocycles. The summed E-state index contributed by atoms with van der Waals surface area (Å²) in [6.45, 7) is 0.841. The first-order valence-corrected chi connectivity index (χ1v) is 7.45. The Morgan fingerprint density at radius 2 is 2.05 bits per heavy atom. The smallest absolute Gasteiger partial charge is 0.274 e. The molecule has 0 saturated carbocycles. The van der Waals surface area contributed by atoms with Crippen LogP contribution in [0.3, 0.4) is 0 Å². The number of hydrogen-bond acceptors (Lipinski definition) is 4. The first-order valence-electron chi connectivity index (χ1n) is 7.45. The summed E-state index contributed by atoms with van der Waals surface area (Å²) in [5, 5.41) is 12.3. The summed E-state index contributed by atoms with van der Waals surface area (Å²) < 4.78 is 0. The summed E-state index contributed by atoms with van der Waals surface area (Å²) in [5.41, 5.74) is 5.88. The largest absolute Gasteiger partial charge is 0.310 e. The van der Waals surface area contributed by atoms with Crippen LogP contribution in [0.15, 0.2) is 42.7 Å². The van der Waals surface area contributed by atoms with Gasteiger partial charge in [0.1, 0.15) is 0 Å². The summed E-state index contributed by atoms with van der Waals surface area (Å²) in [5.74, 6) is -0.458. The molecule has 1 aromatic heterocycles. The van der Waals surface area contributed by atoms with Gasteiger partial charge in [0.05, 0.1) is 0 Å². The number of rotatable bonds is 4. The zero-order valence-corrected chi connectivity index (χ0v) is 12.2. The zero-order chi connectivity index (χ0) is 15.4. The highest BCUT2D eigenvalue weighted by Crippen LogP contribution is 2.23. The zero-order valence-electron chi connectivity index (χ0n) is 12.2. The van der Waals surface area contributed by atoms with Crippen LogP contribution in [0.5, 0.6) is 0 Å². The molecule has 114 valence electrons. The molecule has 5 heteroatoms. The Morgan fingerprint density at radius 1 is 1.23 bits per heavy atom. The molecule has 1 aliphatic carbocycles.